The van der Waals surface area contributed by atoms with E-state index >= 15 is 0 Å². The molecule has 1 aliphatic heterocycles. The predicted molar refractivity (Wildman–Crippen MR) is 127 cm³/mol. The van der Waals surface area contributed by atoms with Gasteiger partial charge in [0.05, 0.1) is 21.1 Å². The van der Waals surface area contributed by atoms with Crippen LogP contribution in [-0.4, -0.2) is 21.1 Å². The quantitative estimate of drug-likeness (QED) is 0.121. The first kappa shape index (κ1) is 22.3. The molecule has 0 radical (unpaired) electrons. The second kappa shape index (κ2) is 9.31. The maximum atomic E-state index is 13.0. The molecule has 0 saturated carbocycles. The molecule has 1 fully saturated rings. The molecule has 33 heavy (non-hydrogen) atoms. The van der Waals surface area contributed by atoms with Crippen molar-refractivity contribution in [1.82, 2.24) is 0 Å². The fraction of sp³-hybridized carbons (Fsp3) is 0. The van der Waals surface area contributed by atoms with Crippen molar-refractivity contribution in [2.24, 2.45) is 0 Å². The van der Waals surface area contributed by atoms with Gasteiger partial charge in [-0.15, -0.1) is 0 Å². The predicted octanol–water partition coefficient (Wildman–Crippen LogP) is 5.36. The van der Waals surface area contributed by atoms with E-state index in [1.165, 1.54) is 53.4 Å². The van der Waals surface area contributed by atoms with E-state index in [0.29, 0.717) is 26.2 Å². The van der Waals surface area contributed by atoms with Gasteiger partial charge in [0.15, 0.2) is 4.32 Å². The molecule has 1 heterocycles. The minimum atomic E-state index is -0.619. The van der Waals surface area contributed by atoms with Crippen molar-refractivity contribution in [3.8, 4) is 5.75 Å². The summed E-state index contributed by atoms with van der Waals surface area (Å²) in [4.78, 5) is 37.0. The summed E-state index contributed by atoms with van der Waals surface area (Å²) in [6, 6.07) is 17.1. The number of ether oxygens (including phenoxy) is 1. The minimum absolute atomic E-state index is 0.0834. The van der Waals surface area contributed by atoms with Gasteiger partial charge in [-0.2, -0.15) is 0 Å². The maximum absolute atomic E-state index is 13.0. The monoisotopic (exact) mass is 480 g/mol. The number of hydrogen-bond donors (Lipinski definition) is 0. The molecule has 7 nitrogen and oxygen atoms in total. The van der Waals surface area contributed by atoms with E-state index in [4.69, 9.17) is 17.0 Å². The van der Waals surface area contributed by atoms with Crippen LogP contribution in [0.4, 0.5) is 15.8 Å². The number of hydrogen-bond acceptors (Lipinski definition) is 7. The Kier molecular flexibility index (Phi) is 6.29. The Hall–Kier alpha value is -3.89. The summed E-state index contributed by atoms with van der Waals surface area (Å²) in [7, 11) is 0. The number of thioether (sulfide) groups is 1. The van der Waals surface area contributed by atoms with Crippen LogP contribution in [-0.2, 0) is 4.79 Å². The van der Waals surface area contributed by atoms with E-state index in [-0.39, 0.29) is 17.2 Å². The summed E-state index contributed by atoms with van der Waals surface area (Å²) < 4.78 is 18.6. The van der Waals surface area contributed by atoms with Crippen LogP contribution in [0.15, 0.2) is 77.7 Å². The first-order valence-corrected chi connectivity index (χ1v) is 10.6. The number of non-ortho nitro benzene ring substituents is 1. The normalized spacial score (nSPS) is 14.6. The second-order valence-electron chi connectivity index (χ2n) is 6.76. The van der Waals surface area contributed by atoms with E-state index in [0.717, 1.165) is 11.8 Å². The number of carbonyl (C=O) groups excluding carboxylic acids is 2. The average molecular weight is 480 g/mol. The van der Waals surface area contributed by atoms with Crippen molar-refractivity contribution >= 4 is 57.6 Å². The molecule has 3 aromatic carbocycles. The topological polar surface area (TPSA) is 89.8 Å². The zero-order chi connectivity index (χ0) is 23.5. The molecule has 0 atom stereocenters. The lowest BCUT2D eigenvalue weighted by Crippen LogP contribution is -2.27. The fourth-order valence-corrected chi connectivity index (χ4v) is 4.25. The Morgan fingerprint density at radius 1 is 1.03 bits per heavy atom. The van der Waals surface area contributed by atoms with Gasteiger partial charge in [-0.05, 0) is 60.2 Å². The van der Waals surface area contributed by atoms with Crippen LogP contribution >= 0.6 is 24.0 Å². The summed E-state index contributed by atoms with van der Waals surface area (Å²) in [5.74, 6) is -1.12. The summed E-state index contributed by atoms with van der Waals surface area (Å²) in [5, 5.41) is 10.8. The Bertz CT molecular complexity index is 1290. The Morgan fingerprint density at radius 3 is 2.27 bits per heavy atom. The largest absolute Gasteiger partial charge is 0.423 e. The molecule has 0 bridgehead atoms. The van der Waals surface area contributed by atoms with E-state index < -0.39 is 16.7 Å². The molecule has 0 N–H and O–H groups in total. The van der Waals surface area contributed by atoms with Gasteiger partial charge in [-0.1, -0.05) is 36.1 Å². The third kappa shape index (κ3) is 4.97. The third-order valence-corrected chi connectivity index (χ3v) is 5.88. The minimum Gasteiger partial charge on any atom is -0.423 e. The van der Waals surface area contributed by atoms with Gasteiger partial charge < -0.3 is 4.74 Å². The van der Waals surface area contributed by atoms with Crippen LogP contribution in [0.2, 0.25) is 0 Å². The van der Waals surface area contributed by atoms with E-state index in [9.17, 15) is 24.1 Å². The maximum Gasteiger partial charge on any atom is 0.343 e. The van der Waals surface area contributed by atoms with Crippen molar-refractivity contribution in [2.45, 2.75) is 0 Å². The van der Waals surface area contributed by atoms with Gasteiger partial charge in [0.25, 0.3) is 11.6 Å². The Morgan fingerprint density at radius 2 is 1.67 bits per heavy atom. The lowest BCUT2D eigenvalue weighted by atomic mass is 10.2. The van der Waals surface area contributed by atoms with Crippen molar-refractivity contribution in [1.29, 1.82) is 0 Å². The molecular formula is C23H13FN2O5S2. The number of nitrogens with zero attached hydrogens (tertiary/aromatic N) is 2. The van der Waals surface area contributed by atoms with Crippen molar-refractivity contribution in [2.75, 3.05) is 4.90 Å². The van der Waals surface area contributed by atoms with Gasteiger partial charge in [0, 0.05) is 12.1 Å². The van der Waals surface area contributed by atoms with Crippen LogP contribution in [0.1, 0.15) is 15.9 Å². The highest BCUT2D eigenvalue weighted by Gasteiger charge is 2.33. The highest BCUT2D eigenvalue weighted by Crippen LogP contribution is 2.36. The first-order chi connectivity index (χ1) is 15.8. The smallest absolute Gasteiger partial charge is 0.343 e. The molecule has 0 unspecified atom stereocenters. The molecule has 164 valence electrons. The number of amides is 1. The Labute approximate surface area is 196 Å². The second-order valence-corrected chi connectivity index (χ2v) is 8.43. The van der Waals surface area contributed by atoms with Crippen LogP contribution in [0.25, 0.3) is 6.08 Å². The van der Waals surface area contributed by atoms with Gasteiger partial charge in [0.2, 0.25) is 0 Å². The van der Waals surface area contributed by atoms with Crippen LogP contribution in [0.3, 0.4) is 0 Å². The number of anilines is 1. The summed E-state index contributed by atoms with van der Waals surface area (Å²) >= 11 is 6.43. The SMILES string of the molecule is O=C(Oc1ccc(/C=C2\SC(=S)N(c3ccc([N+](=O)[O-])cc3)C2=O)cc1)c1ccc(F)cc1. The van der Waals surface area contributed by atoms with Gasteiger partial charge in [-0.3, -0.25) is 19.8 Å². The van der Waals surface area contributed by atoms with E-state index in [1.807, 2.05) is 0 Å². The number of rotatable bonds is 5. The van der Waals surface area contributed by atoms with Gasteiger partial charge >= 0.3 is 5.97 Å². The van der Waals surface area contributed by atoms with Crippen LogP contribution in [0.5, 0.6) is 5.75 Å². The van der Waals surface area contributed by atoms with E-state index in [1.54, 1.807) is 30.3 Å². The highest BCUT2D eigenvalue weighted by atomic mass is 32.2. The molecule has 1 aliphatic rings. The number of esters is 1. The van der Waals surface area contributed by atoms with Crippen molar-refractivity contribution < 1.29 is 23.6 Å². The lowest BCUT2D eigenvalue weighted by Gasteiger charge is -2.13. The molecular weight excluding hydrogens is 467 g/mol. The number of nitro groups is 1. The number of benzene rings is 3. The average Bonchev–Trinajstić information content (AvgIpc) is 3.08. The molecule has 0 aromatic heterocycles. The molecule has 4 rings (SSSR count). The number of halogens is 1. The van der Waals surface area contributed by atoms with Crippen molar-refractivity contribution in [3.05, 3.63) is 105 Å². The molecule has 0 aliphatic carbocycles. The fourth-order valence-electron chi connectivity index (χ4n) is 2.95. The van der Waals surface area contributed by atoms with E-state index in [2.05, 4.69) is 0 Å². The standard InChI is InChI=1S/C23H13FN2O5S2/c24-16-5-3-15(4-6-16)22(28)31-19-11-1-14(2-12-19)13-20-21(27)25(23(32)33-20)17-7-9-18(10-8-17)26(29)30/h1-13H/b20-13-. The van der Waals surface area contributed by atoms with Crippen molar-refractivity contribution in [3.63, 3.8) is 0 Å². The zero-order valence-corrected chi connectivity index (χ0v) is 18.3. The number of nitro benzene ring substituents is 1. The number of carbonyl (C=O) groups is 2. The molecule has 3 aromatic rings. The molecule has 0 spiro atoms. The molecule has 10 heteroatoms. The highest BCUT2D eigenvalue weighted by molar-refractivity contribution is 8.27. The number of thiocarbonyl (C=S) groups is 1. The van der Waals surface area contributed by atoms with Gasteiger partial charge in [0.1, 0.15) is 11.6 Å². The third-order valence-electron chi connectivity index (χ3n) is 4.58. The molecule has 1 saturated heterocycles. The zero-order valence-electron chi connectivity index (χ0n) is 16.6. The molecule has 1 amide bonds. The summed E-state index contributed by atoms with van der Waals surface area (Å²) in [6.45, 7) is 0. The lowest BCUT2D eigenvalue weighted by molar-refractivity contribution is -0.384. The summed E-state index contributed by atoms with van der Waals surface area (Å²) in [5.41, 5.74) is 1.26. The van der Waals surface area contributed by atoms with Gasteiger partial charge in [-0.25, -0.2) is 9.18 Å². The summed E-state index contributed by atoms with van der Waals surface area (Å²) in [6.07, 6.45) is 1.65. The first-order valence-electron chi connectivity index (χ1n) is 9.42. The Balaban J connectivity index is 1.47. The van der Waals surface area contributed by atoms with Crippen LogP contribution in [0, 0.1) is 15.9 Å². The van der Waals surface area contributed by atoms with Crippen LogP contribution < -0.4 is 9.64 Å².